The number of hydrogen-bond donors (Lipinski definition) is 1. The normalized spacial score (nSPS) is 17.9. The summed E-state index contributed by atoms with van der Waals surface area (Å²) in [4.78, 5) is 15.5. The number of nitrogens with zero attached hydrogens (tertiary/aromatic N) is 4. The van der Waals surface area contributed by atoms with E-state index >= 15 is 0 Å². The monoisotopic (exact) mass is 285 g/mol. The number of nitrogens with one attached hydrogen (secondary N) is 1. The third kappa shape index (κ3) is 3.11. The summed E-state index contributed by atoms with van der Waals surface area (Å²) in [7, 11) is 1.81. The molecular formula is C15H19N5O. The van der Waals surface area contributed by atoms with Gasteiger partial charge in [0, 0.05) is 7.05 Å². The SMILES string of the molecule is CN(Cc1cnn(-c2ccccc2)n1)C(=O)C1CCCN1. The third-order valence-corrected chi connectivity index (χ3v) is 3.66. The van der Waals surface area contributed by atoms with E-state index in [0.717, 1.165) is 30.8 Å². The van der Waals surface area contributed by atoms with Gasteiger partial charge in [-0.05, 0) is 31.5 Å². The van der Waals surface area contributed by atoms with Gasteiger partial charge in [-0.1, -0.05) is 18.2 Å². The van der Waals surface area contributed by atoms with Crippen LogP contribution < -0.4 is 5.32 Å². The highest BCUT2D eigenvalue weighted by Crippen LogP contribution is 2.10. The summed E-state index contributed by atoms with van der Waals surface area (Å²) >= 11 is 0. The van der Waals surface area contributed by atoms with Crippen molar-refractivity contribution in [2.24, 2.45) is 0 Å². The lowest BCUT2D eigenvalue weighted by Gasteiger charge is -2.19. The van der Waals surface area contributed by atoms with Crippen molar-refractivity contribution in [3.05, 3.63) is 42.2 Å². The average Bonchev–Trinajstić information content (AvgIpc) is 3.19. The number of carbonyl (C=O) groups excluding carboxylic acids is 1. The molecule has 6 heteroatoms. The molecule has 1 aromatic heterocycles. The van der Waals surface area contributed by atoms with Gasteiger partial charge in [-0.3, -0.25) is 4.79 Å². The molecule has 1 aliphatic heterocycles. The molecule has 1 aromatic carbocycles. The summed E-state index contributed by atoms with van der Waals surface area (Å²) in [6.45, 7) is 1.40. The highest BCUT2D eigenvalue weighted by atomic mass is 16.2. The predicted octanol–water partition coefficient (Wildman–Crippen LogP) is 0.978. The van der Waals surface area contributed by atoms with Crippen LogP contribution in [0.5, 0.6) is 0 Å². The molecule has 1 saturated heterocycles. The first-order chi connectivity index (χ1) is 10.2. The maximum atomic E-state index is 12.2. The van der Waals surface area contributed by atoms with Crippen LogP contribution in [0.4, 0.5) is 0 Å². The zero-order valence-corrected chi connectivity index (χ0v) is 12.1. The van der Waals surface area contributed by atoms with Crippen LogP contribution >= 0.6 is 0 Å². The summed E-state index contributed by atoms with van der Waals surface area (Å²) in [5.74, 6) is 0.127. The molecule has 0 spiro atoms. The van der Waals surface area contributed by atoms with Gasteiger partial charge >= 0.3 is 0 Å². The zero-order valence-electron chi connectivity index (χ0n) is 12.1. The first kappa shape index (κ1) is 13.8. The first-order valence-electron chi connectivity index (χ1n) is 7.19. The number of amides is 1. The molecule has 1 amide bonds. The van der Waals surface area contributed by atoms with Crippen LogP contribution in [0.3, 0.4) is 0 Å². The Kier molecular flexibility index (Phi) is 3.96. The molecule has 21 heavy (non-hydrogen) atoms. The second-order valence-electron chi connectivity index (χ2n) is 5.30. The molecule has 0 saturated carbocycles. The number of aromatic nitrogens is 3. The Balaban J connectivity index is 1.65. The Morgan fingerprint density at radius 2 is 2.24 bits per heavy atom. The quantitative estimate of drug-likeness (QED) is 0.909. The van der Waals surface area contributed by atoms with Crippen LogP contribution in [-0.4, -0.2) is 45.4 Å². The van der Waals surface area contributed by atoms with Gasteiger partial charge in [-0.25, -0.2) is 0 Å². The smallest absolute Gasteiger partial charge is 0.239 e. The van der Waals surface area contributed by atoms with E-state index in [9.17, 15) is 4.79 Å². The van der Waals surface area contributed by atoms with Gasteiger partial charge < -0.3 is 10.2 Å². The standard InChI is InChI=1S/C15H19N5O/c1-19(15(21)14-8-5-9-16-14)11-12-10-17-20(18-12)13-6-3-2-4-7-13/h2-4,6-7,10,14,16H,5,8-9,11H2,1H3. The lowest BCUT2D eigenvalue weighted by atomic mass is 10.2. The lowest BCUT2D eigenvalue weighted by Crippen LogP contribution is -2.41. The van der Waals surface area contributed by atoms with Crippen molar-refractivity contribution in [2.45, 2.75) is 25.4 Å². The molecule has 1 fully saturated rings. The minimum absolute atomic E-state index is 0.0424. The largest absolute Gasteiger partial charge is 0.338 e. The summed E-state index contributed by atoms with van der Waals surface area (Å²) < 4.78 is 0. The number of para-hydroxylation sites is 1. The van der Waals surface area contributed by atoms with E-state index in [4.69, 9.17) is 0 Å². The topological polar surface area (TPSA) is 63.1 Å². The third-order valence-electron chi connectivity index (χ3n) is 3.66. The second kappa shape index (κ2) is 6.05. The average molecular weight is 285 g/mol. The van der Waals surface area contributed by atoms with E-state index in [1.54, 1.807) is 15.9 Å². The minimum Gasteiger partial charge on any atom is -0.338 e. The Hall–Kier alpha value is -2.21. The molecule has 0 aliphatic carbocycles. The molecule has 0 bridgehead atoms. The van der Waals surface area contributed by atoms with Crippen molar-refractivity contribution < 1.29 is 4.79 Å². The van der Waals surface area contributed by atoms with Gasteiger partial charge in [0.1, 0.15) is 5.69 Å². The van der Waals surface area contributed by atoms with E-state index in [1.165, 1.54) is 0 Å². The Morgan fingerprint density at radius 3 is 2.95 bits per heavy atom. The summed E-state index contributed by atoms with van der Waals surface area (Å²) in [6, 6.07) is 9.69. The number of likely N-dealkylation sites (N-methyl/N-ethyl adjacent to an activating group) is 1. The Labute approximate surface area is 123 Å². The van der Waals surface area contributed by atoms with Gasteiger partial charge in [0.05, 0.1) is 24.5 Å². The van der Waals surface area contributed by atoms with Crippen molar-refractivity contribution >= 4 is 5.91 Å². The molecule has 2 heterocycles. The van der Waals surface area contributed by atoms with Gasteiger partial charge in [-0.15, -0.1) is 0 Å². The van der Waals surface area contributed by atoms with Crippen LogP contribution in [0.15, 0.2) is 36.5 Å². The predicted molar refractivity (Wildman–Crippen MR) is 78.9 cm³/mol. The zero-order chi connectivity index (χ0) is 14.7. The van der Waals surface area contributed by atoms with Crippen LogP contribution in [0.1, 0.15) is 18.5 Å². The Bertz CT molecular complexity index is 604. The molecule has 6 nitrogen and oxygen atoms in total. The first-order valence-corrected chi connectivity index (χ1v) is 7.19. The molecular weight excluding hydrogens is 266 g/mol. The van der Waals surface area contributed by atoms with E-state index in [2.05, 4.69) is 15.5 Å². The van der Waals surface area contributed by atoms with E-state index in [1.807, 2.05) is 37.4 Å². The highest BCUT2D eigenvalue weighted by Gasteiger charge is 2.25. The molecule has 1 aliphatic rings. The van der Waals surface area contributed by atoms with Crippen LogP contribution in [0.2, 0.25) is 0 Å². The van der Waals surface area contributed by atoms with Crippen molar-refractivity contribution in [3.8, 4) is 5.69 Å². The number of hydrogen-bond acceptors (Lipinski definition) is 4. The molecule has 1 N–H and O–H groups in total. The summed E-state index contributed by atoms with van der Waals surface area (Å²) in [5, 5.41) is 11.9. The minimum atomic E-state index is -0.0424. The molecule has 0 radical (unpaired) electrons. The maximum absolute atomic E-state index is 12.2. The summed E-state index contributed by atoms with van der Waals surface area (Å²) in [5.41, 5.74) is 1.70. The van der Waals surface area contributed by atoms with Crippen molar-refractivity contribution in [2.75, 3.05) is 13.6 Å². The van der Waals surface area contributed by atoms with Gasteiger partial charge in [-0.2, -0.15) is 15.0 Å². The van der Waals surface area contributed by atoms with Crippen LogP contribution in [-0.2, 0) is 11.3 Å². The molecule has 2 aromatic rings. The van der Waals surface area contributed by atoms with Crippen LogP contribution in [0, 0.1) is 0 Å². The second-order valence-corrected chi connectivity index (χ2v) is 5.30. The van der Waals surface area contributed by atoms with Gasteiger partial charge in [0.15, 0.2) is 0 Å². The Morgan fingerprint density at radius 1 is 1.43 bits per heavy atom. The molecule has 3 rings (SSSR count). The van der Waals surface area contributed by atoms with Crippen molar-refractivity contribution in [3.63, 3.8) is 0 Å². The number of rotatable bonds is 4. The van der Waals surface area contributed by atoms with E-state index < -0.39 is 0 Å². The fourth-order valence-corrected chi connectivity index (χ4v) is 2.54. The highest BCUT2D eigenvalue weighted by molar-refractivity contribution is 5.81. The fraction of sp³-hybridized carbons (Fsp3) is 0.400. The van der Waals surface area contributed by atoms with Crippen molar-refractivity contribution in [1.29, 1.82) is 0 Å². The maximum Gasteiger partial charge on any atom is 0.239 e. The summed E-state index contributed by atoms with van der Waals surface area (Å²) in [6.07, 6.45) is 3.69. The van der Waals surface area contributed by atoms with Crippen molar-refractivity contribution in [1.82, 2.24) is 25.2 Å². The van der Waals surface area contributed by atoms with Crippen LogP contribution in [0.25, 0.3) is 5.69 Å². The fourth-order valence-electron chi connectivity index (χ4n) is 2.54. The molecule has 1 atom stereocenters. The lowest BCUT2D eigenvalue weighted by molar-refractivity contribution is -0.132. The van der Waals surface area contributed by atoms with Gasteiger partial charge in [0.2, 0.25) is 5.91 Å². The molecule has 1 unspecified atom stereocenters. The molecule has 110 valence electrons. The number of carbonyl (C=O) groups is 1. The van der Waals surface area contributed by atoms with Gasteiger partial charge in [0.25, 0.3) is 0 Å². The van der Waals surface area contributed by atoms with E-state index in [0.29, 0.717) is 6.54 Å². The van der Waals surface area contributed by atoms with E-state index in [-0.39, 0.29) is 11.9 Å². The number of benzene rings is 1.